The number of hydrogen-bond donors (Lipinski definition) is 2. The van der Waals surface area contributed by atoms with Crippen molar-refractivity contribution in [3.8, 4) is 0 Å². The van der Waals surface area contributed by atoms with Gasteiger partial charge in [-0.15, -0.1) is 0 Å². The molecule has 2 aliphatic rings. The average Bonchev–Trinajstić information content (AvgIpc) is 2.70. The zero-order valence-corrected chi connectivity index (χ0v) is 11.7. The molecule has 18 heavy (non-hydrogen) atoms. The third kappa shape index (κ3) is 1.97. The Balaban J connectivity index is 1.65. The predicted molar refractivity (Wildman–Crippen MR) is 74.0 cm³/mol. The van der Waals surface area contributed by atoms with Crippen molar-refractivity contribution in [2.75, 3.05) is 0 Å². The van der Waals surface area contributed by atoms with E-state index in [2.05, 4.69) is 31.3 Å². The van der Waals surface area contributed by atoms with Crippen molar-refractivity contribution in [2.24, 2.45) is 5.41 Å². The second-order valence-corrected chi connectivity index (χ2v) is 6.75. The Labute approximate surface area is 113 Å². The molecule has 3 atom stereocenters. The van der Waals surface area contributed by atoms with Crippen molar-refractivity contribution >= 4 is 11.6 Å². The summed E-state index contributed by atoms with van der Waals surface area (Å²) in [7, 11) is 0. The van der Waals surface area contributed by atoms with Crippen LogP contribution in [0.25, 0.3) is 0 Å². The maximum absolute atomic E-state index is 9.77. The number of aliphatic hydroxyl groups excluding tert-OH is 1. The molecule has 1 saturated carbocycles. The van der Waals surface area contributed by atoms with E-state index in [1.165, 1.54) is 11.1 Å². The van der Waals surface area contributed by atoms with E-state index in [1.54, 1.807) is 0 Å². The number of halogens is 1. The maximum atomic E-state index is 9.77. The SMILES string of the molecule is CC1(C)C(O)CC1NC1Cc2ccc(Cl)cc2C1. The summed E-state index contributed by atoms with van der Waals surface area (Å²) in [5.41, 5.74) is 2.79. The van der Waals surface area contributed by atoms with Gasteiger partial charge >= 0.3 is 0 Å². The third-order valence-corrected chi connectivity index (χ3v) is 4.99. The number of aliphatic hydroxyl groups is 1. The van der Waals surface area contributed by atoms with Crippen LogP contribution in [0.3, 0.4) is 0 Å². The van der Waals surface area contributed by atoms with Crippen LogP contribution in [0.15, 0.2) is 18.2 Å². The lowest BCUT2D eigenvalue weighted by atomic mass is 9.64. The summed E-state index contributed by atoms with van der Waals surface area (Å²) in [5.74, 6) is 0. The van der Waals surface area contributed by atoms with E-state index >= 15 is 0 Å². The summed E-state index contributed by atoms with van der Waals surface area (Å²) in [4.78, 5) is 0. The van der Waals surface area contributed by atoms with E-state index in [4.69, 9.17) is 11.6 Å². The van der Waals surface area contributed by atoms with Gasteiger partial charge in [-0.1, -0.05) is 31.5 Å². The molecule has 2 nitrogen and oxygen atoms in total. The lowest BCUT2D eigenvalue weighted by molar-refractivity contribution is -0.0755. The van der Waals surface area contributed by atoms with Crippen LogP contribution in [0.5, 0.6) is 0 Å². The number of benzene rings is 1. The first-order valence-corrected chi connectivity index (χ1v) is 7.06. The largest absolute Gasteiger partial charge is 0.392 e. The molecule has 1 aromatic rings. The van der Waals surface area contributed by atoms with Crippen molar-refractivity contribution in [2.45, 2.75) is 51.3 Å². The molecular formula is C15H20ClNO. The molecule has 1 aromatic carbocycles. The topological polar surface area (TPSA) is 32.3 Å². The highest BCUT2D eigenvalue weighted by atomic mass is 35.5. The molecule has 3 heteroatoms. The van der Waals surface area contributed by atoms with Gasteiger partial charge in [0, 0.05) is 22.5 Å². The molecule has 98 valence electrons. The molecule has 0 aliphatic heterocycles. The molecule has 0 aromatic heterocycles. The molecule has 1 fully saturated rings. The van der Waals surface area contributed by atoms with Crippen LogP contribution in [0.4, 0.5) is 0 Å². The van der Waals surface area contributed by atoms with Crippen LogP contribution < -0.4 is 5.32 Å². The number of rotatable bonds is 2. The van der Waals surface area contributed by atoms with Gasteiger partial charge < -0.3 is 10.4 Å². The lowest BCUT2D eigenvalue weighted by Gasteiger charge is -2.50. The van der Waals surface area contributed by atoms with Crippen LogP contribution in [0.2, 0.25) is 5.02 Å². The van der Waals surface area contributed by atoms with E-state index in [0.717, 1.165) is 24.3 Å². The van der Waals surface area contributed by atoms with Gasteiger partial charge in [-0.2, -0.15) is 0 Å². The number of nitrogens with one attached hydrogen (secondary N) is 1. The van der Waals surface area contributed by atoms with Crippen LogP contribution in [0.1, 0.15) is 31.4 Å². The van der Waals surface area contributed by atoms with E-state index < -0.39 is 0 Å². The fourth-order valence-corrected chi connectivity index (χ4v) is 3.37. The molecule has 3 rings (SSSR count). The highest BCUT2D eigenvalue weighted by molar-refractivity contribution is 6.30. The van der Waals surface area contributed by atoms with Gasteiger partial charge in [-0.05, 0) is 42.5 Å². The van der Waals surface area contributed by atoms with Gasteiger partial charge in [-0.3, -0.25) is 0 Å². The van der Waals surface area contributed by atoms with Crippen LogP contribution in [-0.2, 0) is 12.8 Å². The van der Waals surface area contributed by atoms with Gasteiger partial charge in [0.15, 0.2) is 0 Å². The fraction of sp³-hybridized carbons (Fsp3) is 0.600. The van der Waals surface area contributed by atoms with Crippen LogP contribution in [-0.4, -0.2) is 23.3 Å². The third-order valence-electron chi connectivity index (χ3n) is 4.75. The Morgan fingerprint density at radius 1 is 1.28 bits per heavy atom. The average molecular weight is 266 g/mol. The quantitative estimate of drug-likeness (QED) is 0.861. The first kappa shape index (κ1) is 12.5. The summed E-state index contributed by atoms with van der Waals surface area (Å²) >= 11 is 6.03. The van der Waals surface area contributed by atoms with E-state index in [1.807, 2.05) is 6.07 Å². The zero-order chi connectivity index (χ0) is 12.9. The molecule has 0 radical (unpaired) electrons. The second-order valence-electron chi connectivity index (χ2n) is 6.31. The molecule has 0 heterocycles. The Morgan fingerprint density at radius 2 is 2.00 bits per heavy atom. The summed E-state index contributed by atoms with van der Waals surface area (Å²) < 4.78 is 0. The van der Waals surface area contributed by atoms with Gasteiger partial charge in [-0.25, -0.2) is 0 Å². The monoisotopic (exact) mass is 265 g/mol. The maximum Gasteiger partial charge on any atom is 0.0621 e. The van der Waals surface area contributed by atoms with E-state index in [0.29, 0.717) is 12.1 Å². The first-order valence-electron chi connectivity index (χ1n) is 6.68. The van der Waals surface area contributed by atoms with Gasteiger partial charge in [0.05, 0.1) is 6.10 Å². The fourth-order valence-electron chi connectivity index (χ4n) is 3.17. The highest BCUT2D eigenvalue weighted by Crippen LogP contribution is 2.41. The number of hydrogen-bond acceptors (Lipinski definition) is 2. The highest BCUT2D eigenvalue weighted by Gasteiger charge is 2.47. The number of fused-ring (bicyclic) bond motifs is 1. The Hall–Kier alpha value is -0.570. The van der Waals surface area contributed by atoms with E-state index in [-0.39, 0.29) is 11.5 Å². The molecule has 2 N–H and O–H groups in total. The second kappa shape index (κ2) is 4.22. The summed E-state index contributed by atoms with van der Waals surface area (Å²) in [6, 6.07) is 7.12. The normalized spacial score (nSPS) is 33.0. The summed E-state index contributed by atoms with van der Waals surface area (Å²) in [6.07, 6.45) is 2.85. The minimum atomic E-state index is -0.159. The van der Waals surface area contributed by atoms with Gasteiger partial charge in [0.2, 0.25) is 0 Å². The molecule has 0 spiro atoms. The molecule has 2 aliphatic carbocycles. The zero-order valence-electron chi connectivity index (χ0n) is 10.9. The van der Waals surface area contributed by atoms with Crippen molar-refractivity contribution in [3.63, 3.8) is 0 Å². The van der Waals surface area contributed by atoms with Crippen LogP contribution in [0, 0.1) is 5.41 Å². The van der Waals surface area contributed by atoms with E-state index in [9.17, 15) is 5.11 Å². The molecule has 0 amide bonds. The van der Waals surface area contributed by atoms with Gasteiger partial charge in [0.1, 0.15) is 0 Å². The van der Waals surface area contributed by atoms with Crippen LogP contribution >= 0.6 is 11.6 Å². The molecule has 0 bridgehead atoms. The molecule has 3 unspecified atom stereocenters. The van der Waals surface area contributed by atoms with Crippen molar-refractivity contribution in [1.29, 1.82) is 0 Å². The Morgan fingerprint density at radius 3 is 2.67 bits per heavy atom. The van der Waals surface area contributed by atoms with Crippen molar-refractivity contribution in [3.05, 3.63) is 34.3 Å². The lowest BCUT2D eigenvalue weighted by Crippen LogP contribution is -2.62. The molecule has 0 saturated heterocycles. The van der Waals surface area contributed by atoms with Crippen molar-refractivity contribution in [1.82, 2.24) is 5.32 Å². The summed E-state index contributed by atoms with van der Waals surface area (Å²) in [6.45, 7) is 4.27. The predicted octanol–water partition coefficient (Wildman–Crippen LogP) is 2.56. The van der Waals surface area contributed by atoms with Gasteiger partial charge in [0.25, 0.3) is 0 Å². The Kier molecular flexibility index (Phi) is 2.92. The first-order chi connectivity index (χ1) is 8.46. The van der Waals surface area contributed by atoms with Crippen molar-refractivity contribution < 1.29 is 5.11 Å². The Bertz CT molecular complexity index is 472. The minimum Gasteiger partial charge on any atom is -0.392 e. The minimum absolute atomic E-state index is 0.00637. The standard InChI is InChI=1S/C15H20ClNO/c1-15(2)13(8-14(15)18)17-12-6-9-3-4-11(16)5-10(9)7-12/h3-5,12-14,17-18H,6-8H2,1-2H3. The molecular weight excluding hydrogens is 246 g/mol. The summed E-state index contributed by atoms with van der Waals surface area (Å²) in [5, 5.41) is 14.3. The smallest absolute Gasteiger partial charge is 0.0621 e.